The van der Waals surface area contributed by atoms with E-state index in [1.165, 1.54) is 0 Å². The fourth-order valence-electron chi connectivity index (χ4n) is 4.14. The summed E-state index contributed by atoms with van der Waals surface area (Å²) in [5.74, 6) is 1.86. The van der Waals surface area contributed by atoms with E-state index in [1.54, 1.807) is 38.5 Å². The lowest BCUT2D eigenvalue weighted by Crippen LogP contribution is -2.31. The van der Waals surface area contributed by atoms with E-state index < -0.39 is 5.63 Å². The molecule has 0 fully saturated rings. The van der Waals surface area contributed by atoms with Crippen LogP contribution in [0.5, 0.6) is 17.2 Å². The molecule has 1 aromatic heterocycles. The number of ether oxygens (including phenoxy) is 3. The van der Waals surface area contributed by atoms with Crippen molar-refractivity contribution in [2.75, 3.05) is 21.0 Å². The van der Waals surface area contributed by atoms with Crippen LogP contribution >= 0.6 is 23.2 Å². The fraction of sp³-hybridized carbons (Fsp3) is 0.192. The van der Waals surface area contributed by atoms with Crippen LogP contribution in [0.4, 0.5) is 0 Å². The summed E-state index contributed by atoms with van der Waals surface area (Å²) in [5.41, 5.74) is 2.85. The van der Waals surface area contributed by atoms with Crippen molar-refractivity contribution in [1.29, 1.82) is 0 Å². The predicted octanol–water partition coefficient (Wildman–Crippen LogP) is 6.14. The van der Waals surface area contributed by atoms with Crippen molar-refractivity contribution in [2.45, 2.75) is 13.1 Å². The number of hydrogen-bond donors (Lipinski definition) is 0. The molecule has 0 N–H and O–H groups in total. The minimum atomic E-state index is -0.456. The van der Waals surface area contributed by atoms with Crippen molar-refractivity contribution in [3.8, 4) is 28.4 Å². The molecule has 1 aliphatic heterocycles. The largest absolute Gasteiger partial charge is 0.497 e. The molecule has 0 saturated heterocycles. The van der Waals surface area contributed by atoms with E-state index in [1.807, 2.05) is 30.3 Å². The van der Waals surface area contributed by atoms with Crippen LogP contribution < -0.4 is 19.8 Å². The molecular formula is C26H21Cl2NO5. The number of halogens is 2. The second kappa shape index (κ2) is 9.22. The lowest BCUT2D eigenvalue weighted by molar-refractivity contribution is 0.0890. The Labute approximate surface area is 206 Å². The maximum Gasteiger partial charge on any atom is 0.344 e. The van der Waals surface area contributed by atoms with E-state index in [9.17, 15) is 4.79 Å². The van der Waals surface area contributed by atoms with Crippen molar-refractivity contribution in [3.05, 3.63) is 86.2 Å². The van der Waals surface area contributed by atoms with Gasteiger partial charge in [-0.25, -0.2) is 4.79 Å². The number of benzene rings is 3. The van der Waals surface area contributed by atoms with Crippen LogP contribution in [0.2, 0.25) is 10.0 Å². The summed E-state index contributed by atoms with van der Waals surface area (Å²) in [6.45, 7) is 1.50. The summed E-state index contributed by atoms with van der Waals surface area (Å²) in [6.07, 6.45) is 0. The number of fused-ring (bicyclic) bond motifs is 3. The smallest absolute Gasteiger partial charge is 0.344 e. The topological polar surface area (TPSA) is 61.1 Å². The summed E-state index contributed by atoms with van der Waals surface area (Å²) in [4.78, 5) is 15.1. The molecule has 34 heavy (non-hydrogen) atoms. The van der Waals surface area contributed by atoms with Crippen LogP contribution in [0.15, 0.2) is 63.8 Å². The van der Waals surface area contributed by atoms with Gasteiger partial charge in [-0.05, 0) is 48.0 Å². The Morgan fingerprint density at radius 2 is 1.82 bits per heavy atom. The van der Waals surface area contributed by atoms with Crippen LogP contribution in [0, 0.1) is 0 Å². The van der Waals surface area contributed by atoms with Crippen LogP contribution in [0.25, 0.3) is 22.1 Å². The number of methoxy groups -OCH3 is 2. The number of rotatable bonds is 5. The Morgan fingerprint density at radius 3 is 2.59 bits per heavy atom. The third kappa shape index (κ3) is 4.20. The monoisotopic (exact) mass is 497 g/mol. The zero-order chi connectivity index (χ0) is 23.8. The first kappa shape index (κ1) is 22.6. The molecule has 6 nitrogen and oxygen atoms in total. The lowest BCUT2D eigenvalue weighted by atomic mass is 10.0. The standard InChI is InChI=1S/C26H21Cl2NO5/c1-31-18-6-7-19(24(11-18)32-2)20-9-15-4-8-23-21(25(15)34-26(20)30)13-29(14-33-23)12-16-3-5-17(27)10-22(16)28/h3-11H,12-14H2,1-2H3. The zero-order valence-electron chi connectivity index (χ0n) is 18.6. The molecule has 174 valence electrons. The average molecular weight is 498 g/mol. The SMILES string of the molecule is COc1ccc(-c2cc3ccc4c(c3oc2=O)CN(Cc2ccc(Cl)cc2Cl)CO4)c(OC)c1. The minimum absolute atomic E-state index is 0.392. The third-order valence-corrected chi connectivity index (χ3v) is 6.44. The Morgan fingerprint density at radius 1 is 0.971 bits per heavy atom. The van der Waals surface area contributed by atoms with Gasteiger partial charge in [0.25, 0.3) is 0 Å². The van der Waals surface area contributed by atoms with Crippen LogP contribution in [-0.4, -0.2) is 25.9 Å². The highest BCUT2D eigenvalue weighted by molar-refractivity contribution is 6.35. The third-order valence-electron chi connectivity index (χ3n) is 5.85. The molecule has 1 aliphatic rings. The molecular weight excluding hydrogens is 477 g/mol. The summed E-state index contributed by atoms with van der Waals surface area (Å²) in [7, 11) is 3.13. The molecule has 0 unspecified atom stereocenters. The highest BCUT2D eigenvalue weighted by Gasteiger charge is 2.23. The van der Waals surface area contributed by atoms with Crippen molar-refractivity contribution >= 4 is 34.2 Å². The first-order valence-electron chi connectivity index (χ1n) is 10.6. The molecule has 0 aliphatic carbocycles. The quantitative estimate of drug-likeness (QED) is 0.308. The second-order valence-electron chi connectivity index (χ2n) is 7.97. The lowest BCUT2D eigenvalue weighted by Gasteiger charge is -2.29. The van der Waals surface area contributed by atoms with Crippen LogP contribution in [0.3, 0.4) is 0 Å². The van der Waals surface area contributed by atoms with Crippen molar-refractivity contribution < 1.29 is 18.6 Å². The molecule has 3 aromatic carbocycles. The molecule has 0 radical (unpaired) electrons. The van der Waals surface area contributed by atoms with Gasteiger partial charge in [0.1, 0.15) is 29.6 Å². The van der Waals surface area contributed by atoms with E-state index >= 15 is 0 Å². The fourth-order valence-corrected chi connectivity index (χ4v) is 4.61. The molecule has 5 rings (SSSR count). The van der Waals surface area contributed by atoms with E-state index in [0.29, 0.717) is 63.8 Å². The Bertz CT molecular complexity index is 1450. The van der Waals surface area contributed by atoms with Gasteiger partial charge in [0, 0.05) is 40.2 Å². The van der Waals surface area contributed by atoms with E-state index in [0.717, 1.165) is 16.5 Å². The van der Waals surface area contributed by atoms with Gasteiger partial charge in [0.2, 0.25) is 0 Å². The maximum absolute atomic E-state index is 13.1. The highest BCUT2D eigenvalue weighted by Crippen LogP contribution is 2.36. The van der Waals surface area contributed by atoms with E-state index in [-0.39, 0.29) is 0 Å². The van der Waals surface area contributed by atoms with E-state index in [4.69, 9.17) is 41.8 Å². The molecule has 4 aromatic rings. The minimum Gasteiger partial charge on any atom is -0.497 e. The van der Waals surface area contributed by atoms with Crippen LogP contribution in [0.1, 0.15) is 11.1 Å². The molecule has 8 heteroatoms. The van der Waals surface area contributed by atoms with Gasteiger partial charge in [-0.2, -0.15) is 0 Å². The van der Waals surface area contributed by atoms with Gasteiger partial charge < -0.3 is 18.6 Å². The number of hydrogen-bond acceptors (Lipinski definition) is 6. The van der Waals surface area contributed by atoms with Gasteiger partial charge >= 0.3 is 5.63 Å². The van der Waals surface area contributed by atoms with Gasteiger partial charge in [-0.15, -0.1) is 0 Å². The Balaban J connectivity index is 1.52. The Kier molecular flexibility index (Phi) is 6.13. The van der Waals surface area contributed by atoms with Crippen molar-refractivity contribution in [1.82, 2.24) is 4.90 Å². The van der Waals surface area contributed by atoms with Gasteiger partial charge in [0.05, 0.1) is 25.3 Å². The predicted molar refractivity (Wildman–Crippen MR) is 132 cm³/mol. The van der Waals surface area contributed by atoms with Crippen LogP contribution in [-0.2, 0) is 13.1 Å². The first-order valence-corrected chi connectivity index (χ1v) is 11.3. The Hall–Kier alpha value is -3.19. The second-order valence-corrected chi connectivity index (χ2v) is 8.81. The van der Waals surface area contributed by atoms with Gasteiger partial charge in [-0.1, -0.05) is 29.3 Å². The average Bonchev–Trinajstić information content (AvgIpc) is 2.85. The summed E-state index contributed by atoms with van der Waals surface area (Å²) in [6, 6.07) is 16.3. The van der Waals surface area contributed by atoms with Gasteiger partial charge in [-0.3, -0.25) is 4.90 Å². The van der Waals surface area contributed by atoms with E-state index in [2.05, 4.69) is 4.90 Å². The summed E-state index contributed by atoms with van der Waals surface area (Å²) >= 11 is 12.4. The van der Waals surface area contributed by atoms with Gasteiger partial charge in [0.15, 0.2) is 0 Å². The molecule has 0 spiro atoms. The molecule has 0 bridgehead atoms. The zero-order valence-corrected chi connectivity index (χ0v) is 20.1. The normalized spacial score (nSPS) is 13.4. The molecule has 0 amide bonds. The molecule has 0 saturated carbocycles. The molecule has 2 heterocycles. The first-order chi connectivity index (χ1) is 16.5. The summed E-state index contributed by atoms with van der Waals surface area (Å²) in [5, 5.41) is 1.98. The molecule has 0 atom stereocenters. The maximum atomic E-state index is 13.1. The summed E-state index contributed by atoms with van der Waals surface area (Å²) < 4.78 is 22.5. The highest BCUT2D eigenvalue weighted by atomic mass is 35.5. The number of nitrogens with zero attached hydrogens (tertiary/aromatic N) is 1. The van der Waals surface area contributed by atoms with Crippen molar-refractivity contribution in [3.63, 3.8) is 0 Å². The van der Waals surface area contributed by atoms with Crippen molar-refractivity contribution in [2.24, 2.45) is 0 Å².